The molecule has 1 aliphatic carbocycles. The number of nitrogens with zero attached hydrogens (tertiary/aromatic N) is 2. The number of anilines is 3. The van der Waals surface area contributed by atoms with Gasteiger partial charge in [-0.2, -0.15) is 0 Å². The zero-order chi connectivity index (χ0) is 30.1. The Morgan fingerprint density at radius 2 is 1.27 bits per heavy atom. The number of furan rings is 1. The minimum atomic E-state index is -0.0428. The topological polar surface area (TPSA) is 29.3 Å². The summed E-state index contributed by atoms with van der Waals surface area (Å²) in [6, 6.07) is 48.1. The molecule has 0 bridgehead atoms. The predicted molar refractivity (Wildman–Crippen MR) is 187 cm³/mol. The van der Waals surface area contributed by atoms with Crippen molar-refractivity contribution in [2.45, 2.75) is 19.3 Å². The normalized spacial score (nSPS) is 13.3. The van der Waals surface area contributed by atoms with Gasteiger partial charge in [0.1, 0.15) is 11.2 Å². The summed E-state index contributed by atoms with van der Waals surface area (Å²) in [6.45, 7) is 4.66. The standard InChI is InChI=1S/C42H30N2O/c1-42(2)38-11-7-6-10-33(38)35-24-31(17-20-39(35)42)44(30-15-12-28(13-16-30)27-8-4-3-5-9-27)32-18-21-40-36(25-32)34-19-14-29-22-23-43-26-37(29)41(34)45-40/h3-26H,1-2H3. The van der Waals surface area contributed by atoms with E-state index in [1.54, 1.807) is 0 Å². The average Bonchev–Trinajstić information content (AvgIpc) is 3.58. The van der Waals surface area contributed by atoms with E-state index in [-0.39, 0.29) is 5.41 Å². The van der Waals surface area contributed by atoms with Crippen molar-refractivity contribution in [1.82, 2.24) is 4.98 Å². The van der Waals surface area contributed by atoms with E-state index in [1.165, 1.54) is 33.4 Å². The minimum Gasteiger partial charge on any atom is -0.455 e. The van der Waals surface area contributed by atoms with Crippen LogP contribution in [-0.4, -0.2) is 4.98 Å². The third-order valence-electron chi connectivity index (χ3n) is 9.56. The molecule has 8 aromatic rings. The fraction of sp³-hybridized carbons (Fsp3) is 0.0714. The van der Waals surface area contributed by atoms with Gasteiger partial charge in [-0.25, -0.2) is 0 Å². The summed E-state index contributed by atoms with van der Waals surface area (Å²) in [6.07, 6.45) is 3.72. The molecule has 1 aliphatic rings. The van der Waals surface area contributed by atoms with Crippen molar-refractivity contribution >= 4 is 49.8 Å². The fourth-order valence-corrected chi connectivity index (χ4v) is 7.25. The van der Waals surface area contributed by atoms with Crippen LogP contribution in [0, 0.1) is 0 Å². The summed E-state index contributed by atoms with van der Waals surface area (Å²) in [7, 11) is 0. The molecule has 214 valence electrons. The van der Waals surface area contributed by atoms with Crippen LogP contribution in [0.15, 0.2) is 150 Å². The minimum absolute atomic E-state index is 0.0428. The van der Waals surface area contributed by atoms with Gasteiger partial charge in [-0.05, 0) is 93.4 Å². The monoisotopic (exact) mass is 578 g/mol. The summed E-state index contributed by atoms with van der Waals surface area (Å²) in [5.41, 5.74) is 12.8. The number of hydrogen-bond donors (Lipinski definition) is 0. The molecule has 0 spiro atoms. The second kappa shape index (κ2) is 9.67. The number of fused-ring (bicyclic) bond motifs is 8. The second-order valence-electron chi connectivity index (χ2n) is 12.5. The van der Waals surface area contributed by atoms with E-state index in [4.69, 9.17) is 4.42 Å². The van der Waals surface area contributed by atoms with Crippen LogP contribution in [0.4, 0.5) is 17.1 Å². The Bertz CT molecular complexity index is 2400. The highest BCUT2D eigenvalue weighted by molar-refractivity contribution is 6.15. The van der Waals surface area contributed by atoms with E-state index in [1.807, 2.05) is 18.5 Å². The molecule has 3 nitrogen and oxygen atoms in total. The third kappa shape index (κ3) is 3.94. The van der Waals surface area contributed by atoms with E-state index in [2.05, 4.69) is 151 Å². The number of hydrogen-bond acceptors (Lipinski definition) is 3. The van der Waals surface area contributed by atoms with Crippen LogP contribution < -0.4 is 4.90 Å². The van der Waals surface area contributed by atoms with Crippen molar-refractivity contribution in [2.24, 2.45) is 0 Å². The van der Waals surface area contributed by atoms with E-state index in [0.717, 1.165) is 49.8 Å². The van der Waals surface area contributed by atoms with Gasteiger partial charge >= 0.3 is 0 Å². The molecular formula is C42H30N2O. The van der Waals surface area contributed by atoms with Gasteiger partial charge in [-0.1, -0.05) is 92.7 Å². The summed E-state index contributed by atoms with van der Waals surface area (Å²) in [5.74, 6) is 0. The summed E-state index contributed by atoms with van der Waals surface area (Å²) < 4.78 is 6.44. The maximum Gasteiger partial charge on any atom is 0.144 e. The molecule has 0 atom stereocenters. The Kier molecular flexibility index (Phi) is 5.54. The van der Waals surface area contributed by atoms with Gasteiger partial charge in [0.25, 0.3) is 0 Å². The van der Waals surface area contributed by atoms with Crippen LogP contribution in [0.5, 0.6) is 0 Å². The molecule has 2 aromatic heterocycles. The Balaban J connectivity index is 1.24. The van der Waals surface area contributed by atoms with E-state index < -0.39 is 0 Å². The SMILES string of the molecule is CC1(C)c2ccccc2-c2cc(N(c3ccc(-c4ccccc4)cc3)c3ccc4oc5c6cnccc6ccc5c4c3)ccc21. The summed E-state index contributed by atoms with van der Waals surface area (Å²) in [5, 5.41) is 4.34. The van der Waals surface area contributed by atoms with Crippen LogP contribution in [0.2, 0.25) is 0 Å². The number of rotatable bonds is 4. The zero-order valence-corrected chi connectivity index (χ0v) is 25.2. The first-order valence-corrected chi connectivity index (χ1v) is 15.5. The van der Waals surface area contributed by atoms with Crippen LogP contribution in [0.1, 0.15) is 25.0 Å². The number of benzene rings is 6. The van der Waals surface area contributed by atoms with Crippen molar-refractivity contribution in [3.05, 3.63) is 157 Å². The van der Waals surface area contributed by atoms with Crippen LogP contribution in [0.25, 0.3) is 55.0 Å². The smallest absolute Gasteiger partial charge is 0.144 e. The lowest BCUT2D eigenvalue weighted by Crippen LogP contribution is -2.15. The van der Waals surface area contributed by atoms with Crippen LogP contribution in [-0.2, 0) is 5.41 Å². The Morgan fingerprint density at radius 3 is 2.13 bits per heavy atom. The molecule has 0 fully saturated rings. The molecular weight excluding hydrogens is 548 g/mol. The van der Waals surface area contributed by atoms with Gasteiger partial charge in [0.05, 0.1) is 0 Å². The molecule has 0 radical (unpaired) electrons. The molecule has 0 amide bonds. The quantitative estimate of drug-likeness (QED) is 0.208. The fourth-order valence-electron chi connectivity index (χ4n) is 7.25. The molecule has 9 rings (SSSR count). The summed E-state index contributed by atoms with van der Waals surface area (Å²) >= 11 is 0. The van der Waals surface area contributed by atoms with E-state index >= 15 is 0 Å². The molecule has 2 heterocycles. The van der Waals surface area contributed by atoms with Crippen LogP contribution >= 0.6 is 0 Å². The van der Waals surface area contributed by atoms with Crippen LogP contribution in [0.3, 0.4) is 0 Å². The van der Waals surface area contributed by atoms with Gasteiger partial charge in [-0.15, -0.1) is 0 Å². The van der Waals surface area contributed by atoms with Gasteiger partial charge in [0.2, 0.25) is 0 Å². The number of pyridine rings is 1. The number of aromatic nitrogens is 1. The lowest BCUT2D eigenvalue weighted by Gasteiger charge is -2.27. The van der Waals surface area contributed by atoms with E-state index in [0.29, 0.717) is 0 Å². The zero-order valence-electron chi connectivity index (χ0n) is 25.2. The largest absolute Gasteiger partial charge is 0.455 e. The molecule has 6 aromatic carbocycles. The highest BCUT2D eigenvalue weighted by atomic mass is 16.3. The van der Waals surface area contributed by atoms with Gasteiger partial charge in [0.15, 0.2) is 0 Å². The highest BCUT2D eigenvalue weighted by Gasteiger charge is 2.35. The lowest BCUT2D eigenvalue weighted by atomic mass is 9.82. The average molecular weight is 579 g/mol. The van der Waals surface area contributed by atoms with Crippen molar-refractivity contribution < 1.29 is 4.42 Å². The molecule has 45 heavy (non-hydrogen) atoms. The molecule has 3 heteroatoms. The first kappa shape index (κ1) is 25.8. The molecule has 0 aliphatic heterocycles. The van der Waals surface area contributed by atoms with E-state index in [9.17, 15) is 0 Å². The maximum atomic E-state index is 6.44. The first-order valence-electron chi connectivity index (χ1n) is 15.5. The van der Waals surface area contributed by atoms with Crippen molar-refractivity contribution in [2.75, 3.05) is 4.90 Å². The summed E-state index contributed by atoms with van der Waals surface area (Å²) in [4.78, 5) is 6.74. The predicted octanol–water partition coefficient (Wildman–Crippen LogP) is 11.6. The molecule has 0 saturated heterocycles. The Hall–Kier alpha value is -5.67. The molecule has 0 saturated carbocycles. The third-order valence-corrected chi connectivity index (χ3v) is 9.56. The van der Waals surface area contributed by atoms with Gasteiger partial charge < -0.3 is 9.32 Å². The van der Waals surface area contributed by atoms with Gasteiger partial charge in [-0.3, -0.25) is 4.98 Å². The maximum absolute atomic E-state index is 6.44. The van der Waals surface area contributed by atoms with Crippen molar-refractivity contribution in [3.8, 4) is 22.3 Å². The molecule has 0 N–H and O–H groups in total. The molecule has 0 unspecified atom stereocenters. The highest BCUT2D eigenvalue weighted by Crippen LogP contribution is 2.51. The lowest BCUT2D eigenvalue weighted by molar-refractivity contribution is 0.660. The second-order valence-corrected chi connectivity index (χ2v) is 12.5. The Morgan fingerprint density at radius 1 is 0.556 bits per heavy atom. The van der Waals surface area contributed by atoms with Crippen molar-refractivity contribution in [1.29, 1.82) is 0 Å². The van der Waals surface area contributed by atoms with Gasteiger partial charge in [0, 0.05) is 51.0 Å². The first-order chi connectivity index (χ1) is 22.1. The van der Waals surface area contributed by atoms with Crippen molar-refractivity contribution in [3.63, 3.8) is 0 Å². The Labute approximate surface area is 262 Å².